The number of nitrogens with zero attached hydrogens (tertiary/aromatic N) is 1. The molecule has 0 radical (unpaired) electrons. The van der Waals surface area contributed by atoms with Crippen LogP contribution in [0.25, 0.3) is 0 Å². The number of nitro groups is 1. The van der Waals surface area contributed by atoms with E-state index in [1.54, 1.807) is 12.1 Å². The largest absolute Gasteiger partial charge is 0.316 e. The van der Waals surface area contributed by atoms with E-state index in [2.05, 4.69) is 21.2 Å². The van der Waals surface area contributed by atoms with Crippen LogP contribution in [-0.2, 0) is 6.42 Å². The van der Waals surface area contributed by atoms with Crippen molar-refractivity contribution >= 4 is 21.6 Å². The second-order valence-corrected chi connectivity index (χ2v) is 4.62. The zero-order valence-corrected chi connectivity index (χ0v) is 9.66. The molecule has 1 aliphatic rings. The van der Waals surface area contributed by atoms with Crippen molar-refractivity contribution in [1.29, 1.82) is 0 Å². The molecule has 0 aliphatic carbocycles. The first-order valence-corrected chi connectivity index (χ1v) is 5.59. The van der Waals surface area contributed by atoms with Gasteiger partial charge in [-0.2, -0.15) is 0 Å². The van der Waals surface area contributed by atoms with Crippen LogP contribution in [0.3, 0.4) is 0 Å². The van der Waals surface area contributed by atoms with Gasteiger partial charge in [0.25, 0.3) is 5.69 Å². The Kier molecular flexibility index (Phi) is 3.02. The zero-order chi connectivity index (χ0) is 10.8. The molecule has 1 N–H and O–H groups in total. The molecule has 1 aromatic rings. The summed E-state index contributed by atoms with van der Waals surface area (Å²) < 4.78 is 0.837. The number of hydrogen-bond donors (Lipinski definition) is 1. The van der Waals surface area contributed by atoms with Gasteiger partial charge >= 0.3 is 0 Å². The highest BCUT2D eigenvalue weighted by Crippen LogP contribution is 2.25. The third-order valence-electron chi connectivity index (χ3n) is 2.62. The van der Waals surface area contributed by atoms with E-state index >= 15 is 0 Å². The molecule has 1 fully saturated rings. The molecule has 0 bridgehead atoms. The summed E-state index contributed by atoms with van der Waals surface area (Å²) in [6.45, 7) is 2.09. The quantitative estimate of drug-likeness (QED) is 0.676. The number of halogens is 1. The fourth-order valence-electron chi connectivity index (χ4n) is 1.62. The maximum Gasteiger partial charge on any atom is 0.270 e. The fraction of sp³-hybridized carbons (Fsp3) is 0.400. The van der Waals surface area contributed by atoms with Gasteiger partial charge in [0.1, 0.15) is 0 Å². The lowest BCUT2D eigenvalue weighted by Gasteiger charge is -2.27. The molecule has 4 nitrogen and oxygen atoms in total. The van der Waals surface area contributed by atoms with Crippen molar-refractivity contribution in [3.05, 3.63) is 38.3 Å². The molecule has 0 saturated carbocycles. The molecule has 0 atom stereocenters. The van der Waals surface area contributed by atoms with Crippen LogP contribution >= 0.6 is 15.9 Å². The molecule has 15 heavy (non-hydrogen) atoms. The predicted molar refractivity (Wildman–Crippen MR) is 60.9 cm³/mol. The lowest BCUT2D eigenvalue weighted by atomic mass is 9.94. The molecule has 0 aromatic heterocycles. The number of nitro benzene ring substituents is 1. The SMILES string of the molecule is O=[N+]([O-])c1ccc(CC2CNC2)c(Br)c1. The van der Waals surface area contributed by atoms with Gasteiger partial charge in [0.2, 0.25) is 0 Å². The first-order valence-electron chi connectivity index (χ1n) is 4.80. The Hall–Kier alpha value is -0.940. The van der Waals surface area contributed by atoms with Crippen molar-refractivity contribution in [2.75, 3.05) is 13.1 Å². The van der Waals surface area contributed by atoms with Crippen molar-refractivity contribution < 1.29 is 4.92 Å². The first-order chi connectivity index (χ1) is 7.16. The van der Waals surface area contributed by atoms with Gasteiger partial charge in [-0.15, -0.1) is 0 Å². The Labute approximate surface area is 96.0 Å². The first kappa shape index (κ1) is 10.6. The van der Waals surface area contributed by atoms with Crippen LogP contribution in [0.5, 0.6) is 0 Å². The second-order valence-electron chi connectivity index (χ2n) is 3.76. The summed E-state index contributed by atoms with van der Waals surface area (Å²) in [6, 6.07) is 4.97. The van der Waals surface area contributed by atoms with Crippen LogP contribution in [0.1, 0.15) is 5.56 Å². The van der Waals surface area contributed by atoms with Crippen LogP contribution in [0.2, 0.25) is 0 Å². The van der Waals surface area contributed by atoms with Crippen molar-refractivity contribution in [2.45, 2.75) is 6.42 Å². The van der Waals surface area contributed by atoms with Crippen LogP contribution < -0.4 is 5.32 Å². The summed E-state index contributed by atoms with van der Waals surface area (Å²) >= 11 is 3.37. The van der Waals surface area contributed by atoms with Gasteiger partial charge in [-0.3, -0.25) is 10.1 Å². The Balaban J connectivity index is 2.14. The van der Waals surface area contributed by atoms with Gasteiger partial charge in [-0.1, -0.05) is 22.0 Å². The number of non-ortho nitro benzene ring substituents is 1. The Morgan fingerprint density at radius 3 is 2.73 bits per heavy atom. The van der Waals surface area contributed by atoms with Gasteiger partial charge in [0.05, 0.1) is 4.92 Å². The summed E-state index contributed by atoms with van der Waals surface area (Å²) in [7, 11) is 0. The molecular formula is C10H11BrN2O2. The highest BCUT2D eigenvalue weighted by molar-refractivity contribution is 9.10. The topological polar surface area (TPSA) is 55.2 Å². The van der Waals surface area contributed by atoms with Gasteiger partial charge in [-0.05, 0) is 31.0 Å². The molecule has 2 rings (SSSR count). The maximum absolute atomic E-state index is 10.5. The standard InChI is InChI=1S/C10H11BrN2O2/c11-10-4-9(13(14)15)2-1-8(10)3-7-5-12-6-7/h1-2,4,7,12H,3,5-6H2. The highest BCUT2D eigenvalue weighted by atomic mass is 79.9. The minimum absolute atomic E-state index is 0.136. The minimum Gasteiger partial charge on any atom is -0.316 e. The van der Waals surface area contributed by atoms with Gasteiger partial charge in [-0.25, -0.2) is 0 Å². The summed E-state index contributed by atoms with van der Waals surface area (Å²) in [5, 5.41) is 13.7. The number of nitrogens with one attached hydrogen (secondary N) is 1. The average molecular weight is 271 g/mol. The smallest absolute Gasteiger partial charge is 0.270 e. The Morgan fingerprint density at radius 2 is 2.27 bits per heavy atom. The highest BCUT2D eigenvalue weighted by Gasteiger charge is 2.19. The molecule has 0 spiro atoms. The van der Waals surface area contributed by atoms with E-state index in [0.717, 1.165) is 29.5 Å². The van der Waals surface area contributed by atoms with Crippen LogP contribution in [0.4, 0.5) is 5.69 Å². The lowest BCUT2D eigenvalue weighted by molar-refractivity contribution is -0.384. The summed E-state index contributed by atoms with van der Waals surface area (Å²) in [5.41, 5.74) is 1.28. The zero-order valence-electron chi connectivity index (χ0n) is 8.07. The van der Waals surface area contributed by atoms with Crippen molar-refractivity contribution in [3.63, 3.8) is 0 Å². The maximum atomic E-state index is 10.5. The van der Waals surface area contributed by atoms with E-state index < -0.39 is 0 Å². The molecular weight excluding hydrogens is 260 g/mol. The van der Waals surface area contributed by atoms with E-state index in [0.29, 0.717) is 5.92 Å². The van der Waals surface area contributed by atoms with E-state index in [-0.39, 0.29) is 10.6 Å². The summed E-state index contributed by atoms with van der Waals surface area (Å²) in [5.74, 6) is 0.669. The number of rotatable bonds is 3. The Morgan fingerprint density at radius 1 is 1.53 bits per heavy atom. The van der Waals surface area contributed by atoms with Gasteiger partial charge in [0.15, 0.2) is 0 Å². The van der Waals surface area contributed by atoms with Crippen molar-refractivity contribution in [3.8, 4) is 0 Å². The van der Waals surface area contributed by atoms with E-state index in [1.807, 2.05) is 6.07 Å². The van der Waals surface area contributed by atoms with E-state index in [1.165, 1.54) is 0 Å². The third-order valence-corrected chi connectivity index (χ3v) is 3.36. The summed E-state index contributed by atoms with van der Waals surface area (Å²) in [4.78, 5) is 10.2. The molecule has 0 amide bonds. The average Bonchev–Trinajstić information content (AvgIpc) is 2.12. The van der Waals surface area contributed by atoms with Crippen LogP contribution in [0.15, 0.2) is 22.7 Å². The molecule has 1 aliphatic heterocycles. The number of hydrogen-bond acceptors (Lipinski definition) is 3. The second kappa shape index (κ2) is 4.28. The molecule has 0 unspecified atom stereocenters. The van der Waals surface area contributed by atoms with E-state index in [4.69, 9.17) is 0 Å². The molecule has 1 saturated heterocycles. The normalized spacial score (nSPS) is 16.1. The van der Waals surface area contributed by atoms with Gasteiger partial charge in [0, 0.05) is 16.6 Å². The third kappa shape index (κ3) is 2.35. The van der Waals surface area contributed by atoms with Crippen LogP contribution in [-0.4, -0.2) is 18.0 Å². The monoisotopic (exact) mass is 270 g/mol. The van der Waals surface area contributed by atoms with Crippen molar-refractivity contribution in [2.24, 2.45) is 5.92 Å². The molecule has 1 heterocycles. The number of benzene rings is 1. The molecule has 80 valence electrons. The van der Waals surface area contributed by atoms with E-state index in [9.17, 15) is 10.1 Å². The van der Waals surface area contributed by atoms with Gasteiger partial charge < -0.3 is 5.32 Å². The predicted octanol–water partition coefficient (Wildman–Crippen LogP) is 2.12. The summed E-state index contributed by atoms with van der Waals surface area (Å²) in [6.07, 6.45) is 0.978. The molecule has 5 heteroatoms. The van der Waals surface area contributed by atoms with Crippen LogP contribution in [0, 0.1) is 16.0 Å². The Bertz CT molecular complexity index is 391. The minimum atomic E-state index is -0.376. The van der Waals surface area contributed by atoms with Crippen molar-refractivity contribution in [1.82, 2.24) is 5.32 Å². The lowest BCUT2D eigenvalue weighted by Crippen LogP contribution is -2.43. The molecule has 1 aromatic carbocycles. The fourth-order valence-corrected chi connectivity index (χ4v) is 2.15.